The largest absolute Gasteiger partial charge is 0.352 e. The van der Waals surface area contributed by atoms with Crippen molar-refractivity contribution in [2.75, 3.05) is 13.2 Å². The summed E-state index contributed by atoms with van der Waals surface area (Å²) in [6.07, 6.45) is 7.51. The van der Waals surface area contributed by atoms with Gasteiger partial charge in [0.15, 0.2) is 17.6 Å². The van der Waals surface area contributed by atoms with E-state index in [1.165, 1.54) is 29.8 Å². The van der Waals surface area contributed by atoms with Crippen LogP contribution in [0.25, 0.3) is 0 Å². The molecule has 2 N–H and O–H groups in total. The average Bonchev–Trinajstić information content (AvgIpc) is 3.34. The maximum absolute atomic E-state index is 12.9. The number of aliphatic imine (C=N–C) groups is 1. The third-order valence-electron chi connectivity index (χ3n) is 4.33. The molecule has 2 aromatic carbocycles. The van der Waals surface area contributed by atoms with Crippen LogP contribution in [0.2, 0.25) is 0 Å². The molecule has 0 saturated carbocycles. The Kier molecular flexibility index (Phi) is 24.0. The fraction of sp³-hybridized carbons (Fsp3) is 0.433. The van der Waals surface area contributed by atoms with E-state index in [-0.39, 0.29) is 12.5 Å². The second-order valence-electron chi connectivity index (χ2n) is 7.48. The van der Waals surface area contributed by atoms with Gasteiger partial charge in [0.1, 0.15) is 12.5 Å². The number of halogens is 4. The van der Waals surface area contributed by atoms with Crippen molar-refractivity contribution in [1.82, 2.24) is 10.6 Å². The standard InChI is InChI=1S/C11H13F2N3.C9H15F.C6H5F.2C2H6/c1-7-5-14-11(16-7)15-6-8-2-3-9(12)10(13)4-8;1-3-6-9(2)7-4-5-8-10;7-6-4-2-1-3-5-6;2*1-2/h2-4,7H,5-6H2,1H3,(H2,14,15,16);4-5,7H,3,6,8H2,1-2H3;1-5H;2*1-2H3/b;5-4-,9-7-;;;. The Morgan fingerprint density at radius 2 is 1.68 bits per heavy atom. The molecule has 37 heavy (non-hydrogen) atoms. The van der Waals surface area contributed by atoms with Crippen molar-refractivity contribution in [3.8, 4) is 0 Å². The first-order valence-corrected chi connectivity index (χ1v) is 12.9. The topological polar surface area (TPSA) is 36.4 Å². The van der Waals surface area contributed by atoms with Gasteiger partial charge in [-0.25, -0.2) is 17.6 Å². The zero-order valence-corrected chi connectivity index (χ0v) is 23.4. The van der Waals surface area contributed by atoms with E-state index in [0.717, 1.165) is 25.5 Å². The fourth-order valence-corrected chi connectivity index (χ4v) is 2.67. The Labute approximate surface area is 221 Å². The van der Waals surface area contributed by atoms with Gasteiger partial charge < -0.3 is 10.6 Å². The van der Waals surface area contributed by atoms with Crippen LogP contribution < -0.4 is 10.6 Å². The monoisotopic (exact) mass is 523 g/mol. The first-order chi connectivity index (χ1) is 17.8. The number of allylic oxidation sites excluding steroid dienone is 4. The van der Waals surface area contributed by atoms with E-state index in [4.69, 9.17) is 0 Å². The van der Waals surface area contributed by atoms with E-state index < -0.39 is 11.6 Å². The zero-order valence-electron chi connectivity index (χ0n) is 23.4. The Balaban J connectivity index is 0. The van der Waals surface area contributed by atoms with Crippen molar-refractivity contribution >= 4 is 5.96 Å². The van der Waals surface area contributed by atoms with Gasteiger partial charge in [0, 0.05) is 12.6 Å². The van der Waals surface area contributed by atoms with Crippen molar-refractivity contribution in [3.63, 3.8) is 0 Å². The van der Waals surface area contributed by atoms with E-state index in [1.54, 1.807) is 30.3 Å². The van der Waals surface area contributed by atoms with E-state index >= 15 is 0 Å². The van der Waals surface area contributed by atoms with Gasteiger partial charge in [0.2, 0.25) is 0 Å². The van der Waals surface area contributed by atoms with Crippen LogP contribution in [0.1, 0.15) is 66.9 Å². The van der Waals surface area contributed by atoms with Gasteiger partial charge in [0.25, 0.3) is 0 Å². The summed E-state index contributed by atoms with van der Waals surface area (Å²) in [5.41, 5.74) is 2.00. The van der Waals surface area contributed by atoms with Gasteiger partial charge >= 0.3 is 0 Å². The molecule has 208 valence electrons. The molecule has 0 aliphatic carbocycles. The summed E-state index contributed by atoms with van der Waals surface area (Å²) in [5.74, 6) is -1.12. The van der Waals surface area contributed by atoms with Crippen LogP contribution in [-0.2, 0) is 6.54 Å². The molecule has 0 aromatic heterocycles. The third-order valence-corrected chi connectivity index (χ3v) is 4.33. The highest BCUT2D eigenvalue weighted by atomic mass is 19.2. The van der Waals surface area contributed by atoms with Crippen LogP contribution >= 0.6 is 0 Å². The van der Waals surface area contributed by atoms with E-state index in [1.807, 2.05) is 40.7 Å². The molecule has 0 fully saturated rings. The summed E-state index contributed by atoms with van der Waals surface area (Å²) in [6.45, 7) is 15.0. The van der Waals surface area contributed by atoms with E-state index in [2.05, 4.69) is 29.5 Å². The summed E-state index contributed by atoms with van der Waals surface area (Å²) in [5, 5.41) is 6.15. The molecule has 0 amide bonds. The summed E-state index contributed by atoms with van der Waals surface area (Å²) < 4.78 is 49.0. The minimum absolute atomic E-state index is 0.178. The molecule has 0 radical (unpaired) electrons. The van der Waals surface area contributed by atoms with E-state index in [9.17, 15) is 17.6 Å². The average molecular weight is 524 g/mol. The Morgan fingerprint density at radius 3 is 2.14 bits per heavy atom. The summed E-state index contributed by atoms with van der Waals surface area (Å²) in [6, 6.07) is 12.1. The number of guanidine groups is 1. The smallest absolute Gasteiger partial charge is 0.191 e. The molecule has 1 unspecified atom stereocenters. The van der Waals surface area contributed by atoms with Crippen molar-refractivity contribution in [2.24, 2.45) is 4.99 Å². The Morgan fingerprint density at radius 1 is 1.03 bits per heavy atom. The van der Waals surface area contributed by atoms with Gasteiger partial charge in [-0.05, 0) is 50.1 Å². The third kappa shape index (κ3) is 19.7. The Hall–Kier alpha value is -3.09. The molecule has 1 heterocycles. The van der Waals surface area contributed by atoms with Crippen molar-refractivity contribution in [2.45, 2.75) is 73.9 Å². The van der Waals surface area contributed by atoms with Gasteiger partial charge in [-0.1, -0.05) is 89.1 Å². The van der Waals surface area contributed by atoms with Crippen molar-refractivity contribution in [3.05, 3.63) is 95.3 Å². The quantitative estimate of drug-likeness (QED) is 0.294. The first kappa shape index (κ1) is 36.1. The van der Waals surface area contributed by atoms with Crippen LogP contribution in [0.3, 0.4) is 0 Å². The molecule has 3 rings (SSSR count). The number of rotatable bonds is 6. The van der Waals surface area contributed by atoms with Crippen LogP contribution in [0.4, 0.5) is 17.6 Å². The SMILES string of the molecule is CC.CC.CC1CN=C(NCc2ccc(F)c(F)c2)N1.CCC/C(C)=C\C=C/CF.Fc1ccccc1. The zero-order chi connectivity index (χ0) is 28.5. The highest BCUT2D eigenvalue weighted by Gasteiger charge is 2.11. The lowest BCUT2D eigenvalue weighted by Crippen LogP contribution is -2.37. The second-order valence-corrected chi connectivity index (χ2v) is 7.48. The number of alkyl halides is 1. The normalized spacial score (nSPS) is 13.8. The molecule has 0 saturated heterocycles. The molecule has 0 bridgehead atoms. The lowest BCUT2D eigenvalue weighted by atomic mass is 10.1. The predicted molar refractivity (Wildman–Crippen MR) is 151 cm³/mol. The lowest BCUT2D eigenvalue weighted by molar-refractivity contribution is 0.507. The van der Waals surface area contributed by atoms with Crippen LogP contribution in [-0.4, -0.2) is 25.2 Å². The van der Waals surface area contributed by atoms with E-state index in [0.29, 0.717) is 24.1 Å². The maximum Gasteiger partial charge on any atom is 0.191 e. The van der Waals surface area contributed by atoms with Crippen molar-refractivity contribution < 1.29 is 17.6 Å². The molecule has 1 atom stereocenters. The van der Waals surface area contributed by atoms with Gasteiger partial charge in [-0.2, -0.15) is 0 Å². The number of hydrogen-bond donors (Lipinski definition) is 2. The fourth-order valence-electron chi connectivity index (χ4n) is 2.67. The molecule has 1 aliphatic heterocycles. The van der Waals surface area contributed by atoms with Gasteiger partial charge in [-0.15, -0.1) is 0 Å². The number of benzene rings is 2. The van der Waals surface area contributed by atoms with Gasteiger partial charge in [0.05, 0.1) is 6.54 Å². The van der Waals surface area contributed by atoms with Crippen LogP contribution in [0.15, 0.2) is 77.3 Å². The predicted octanol–water partition coefficient (Wildman–Crippen LogP) is 8.54. The molecule has 3 nitrogen and oxygen atoms in total. The minimum atomic E-state index is -0.825. The van der Waals surface area contributed by atoms with Crippen molar-refractivity contribution in [1.29, 1.82) is 0 Å². The summed E-state index contributed by atoms with van der Waals surface area (Å²) in [4.78, 5) is 4.20. The summed E-state index contributed by atoms with van der Waals surface area (Å²) in [7, 11) is 0. The molecular formula is C30H45F4N3. The highest BCUT2D eigenvalue weighted by molar-refractivity contribution is 5.81. The maximum atomic E-state index is 12.9. The first-order valence-electron chi connectivity index (χ1n) is 12.9. The van der Waals surface area contributed by atoms with Crippen LogP contribution in [0, 0.1) is 17.5 Å². The minimum Gasteiger partial charge on any atom is -0.352 e. The molecule has 2 aromatic rings. The second kappa shape index (κ2) is 24.6. The Bertz CT molecular complexity index is 897. The summed E-state index contributed by atoms with van der Waals surface area (Å²) >= 11 is 0. The molecular weight excluding hydrogens is 478 g/mol. The number of hydrogen-bond acceptors (Lipinski definition) is 3. The number of nitrogens with zero attached hydrogens (tertiary/aromatic N) is 1. The lowest BCUT2D eigenvalue weighted by Gasteiger charge is -2.08. The van der Waals surface area contributed by atoms with Gasteiger partial charge in [-0.3, -0.25) is 4.99 Å². The molecule has 1 aliphatic rings. The molecule has 0 spiro atoms. The highest BCUT2D eigenvalue weighted by Crippen LogP contribution is 2.08. The van der Waals surface area contributed by atoms with Crippen LogP contribution in [0.5, 0.6) is 0 Å². The number of nitrogens with one attached hydrogen (secondary N) is 2. The molecule has 7 heteroatoms.